The highest BCUT2D eigenvalue weighted by Gasteiger charge is 2.08. The van der Waals surface area contributed by atoms with Crippen molar-refractivity contribution in [1.82, 2.24) is 4.57 Å². The Kier molecular flexibility index (Phi) is 4.37. The van der Waals surface area contributed by atoms with Crippen molar-refractivity contribution in [3.63, 3.8) is 0 Å². The molecule has 1 heterocycles. The predicted octanol–water partition coefficient (Wildman–Crippen LogP) is 1.20. The van der Waals surface area contributed by atoms with Gasteiger partial charge in [0.25, 0.3) is 5.56 Å². The van der Waals surface area contributed by atoms with E-state index in [1.165, 1.54) is 22.9 Å². The fraction of sp³-hybridized carbons (Fsp3) is 0.444. The maximum Gasteiger partial charge on any atom is 0.250 e. The number of nitrogens with one attached hydrogen (secondary N) is 1. The van der Waals surface area contributed by atoms with E-state index in [2.05, 4.69) is 4.72 Å². The fourth-order valence-electron chi connectivity index (χ4n) is 1.21. The molecule has 0 aliphatic heterocycles. The minimum Gasteiger partial charge on any atom is -0.313 e. The smallest absolute Gasteiger partial charge is 0.250 e. The number of nitrogens with zero attached hydrogens (tertiary/aromatic N) is 1. The number of hydrogen-bond donors (Lipinski definition) is 1. The number of pyridine rings is 1. The van der Waals surface area contributed by atoms with E-state index in [-0.39, 0.29) is 5.56 Å². The van der Waals surface area contributed by atoms with Crippen molar-refractivity contribution in [3.8, 4) is 0 Å². The van der Waals surface area contributed by atoms with E-state index in [9.17, 15) is 13.2 Å². The van der Waals surface area contributed by atoms with Crippen LogP contribution in [0.2, 0.25) is 0 Å². The Morgan fingerprint density at radius 3 is 2.69 bits per heavy atom. The van der Waals surface area contributed by atoms with Crippen LogP contribution in [-0.4, -0.2) is 18.2 Å². The van der Waals surface area contributed by atoms with Gasteiger partial charge in [0.05, 0.1) is 5.69 Å². The molecule has 90 valence electrons. The third kappa shape index (κ3) is 3.53. The lowest BCUT2D eigenvalue weighted by Crippen LogP contribution is -2.20. The Morgan fingerprint density at radius 2 is 2.12 bits per heavy atom. The number of hydrogen-bond acceptors (Lipinski definition) is 3. The molecule has 1 aromatic heterocycles. The van der Waals surface area contributed by atoms with Gasteiger partial charge in [-0.3, -0.25) is 9.52 Å². The van der Waals surface area contributed by atoms with E-state index < -0.39 is 15.2 Å². The van der Waals surface area contributed by atoms with Crippen molar-refractivity contribution < 1.29 is 8.42 Å². The van der Waals surface area contributed by atoms with Gasteiger partial charge in [0.1, 0.15) is 5.21 Å². The second-order valence-electron chi connectivity index (χ2n) is 3.28. The zero-order valence-electron chi connectivity index (χ0n) is 8.81. The lowest BCUT2D eigenvalue weighted by atomic mass is 10.4. The summed E-state index contributed by atoms with van der Waals surface area (Å²) in [5.74, 6) is 0. The number of alkyl halides is 1. The van der Waals surface area contributed by atoms with Gasteiger partial charge in [-0.05, 0) is 12.5 Å². The minimum atomic E-state index is -3.52. The molecule has 0 aromatic carbocycles. The van der Waals surface area contributed by atoms with Crippen molar-refractivity contribution in [3.05, 3.63) is 28.7 Å². The highest BCUT2D eigenvalue weighted by Crippen LogP contribution is 2.07. The molecule has 0 aliphatic rings. The Hall–Kier alpha value is -1.01. The molecule has 0 unspecified atom stereocenters. The molecule has 0 spiro atoms. The first-order valence-electron chi connectivity index (χ1n) is 4.75. The van der Waals surface area contributed by atoms with Gasteiger partial charge in [-0.15, -0.1) is 11.6 Å². The molecular formula is C9H13ClN2O3S. The van der Waals surface area contributed by atoms with Crippen molar-refractivity contribution in [2.45, 2.75) is 19.9 Å². The van der Waals surface area contributed by atoms with Gasteiger partial charge in [0.15, 0.2) is 0 Å². The third-order valence-electron chi connectivity index (χ3n) is 1.86. The summed E-state index contributed by atoms with van der Waals surface area (Å²) in [6.45, 7) is 2.48. The van der Waals surface area contributed by atoms with Crippen LogP contribution in [0.1, 0.15) is 13.3 Å². The van der Waals surface area contributed by atoms with Gasteiger partial charge >= 0.3 is 0 Å². The van der Waals surface area contributed by atoms with E-state index in [0.717, 1.165) is 6.42 Å². The molecule has 0 radical (unpaired) electrons. The van der Waals surface area contributed by atoms with Gasteiger partial charge in [0, 0.05) is 18.8 Å². The van der Waals surface area contributed by atoms with Crippen molar-refractivity contribution in [1.29, 1.82) is 0 Å². The summed E-state index contributed by atoms with van der Waals surface area (Å²) in [5, 5.41) is -0.514. The van der Waals surface area contributed by atoms with Crippen LogP contribution < -0.4 is 10.3 Å². The quantitative estimate of drug-likeness (QED) is 0.813. The maximum absolute atomic E-state index is 11.4. The van der Waals surface area contributed by atoms with Crippen molar-refractivity contribution >= 4 is 27.3 Å². The molecule has 1 rings (SSSR count). The summed E-state index contributed by atoms with van der Waals surface area (Å²) in [6.07, 6.45) is 2.27. The van der Waals surface area contributed by atoms with E-state index >= 15 is 0 Å². The van der Waals surface area contributed by atoms with Crippen LogP contribution in [0.15, 0.2) is 23.1 Å². The molecule has 0 saturated heterocycles. The topological polar surface area (TPSA) is 68.2 Å². The number of aryl methyl sites for hydroxylation is 1. The molecule has 16 heavy (non-hydrogen) atoms. The van der Waals surface area contributed by atoms with Crippen molar-refractivity contribution in [2.75, 3.05) is 9.93 Å². The first-order valence-corrected chi connectivity index (χ1v) is 6.94. The van der Waals surface area contributed by atoms with Crippen LogP contribution in [0, 0.1) is 0 Å². The Morgan fingerprint density at radius 1 is 1.44 bits per heavy atom. The van der Waals surface area contributed by atoms with E-state index in [0.29, 0.717) is 12.2 Å². The monoisotopic (exact) mass is 264 g/mol. The van der Waals surface area contributed by atoms with Gasteiger partial charge in [-0.25, -0.2) is 8.42 Å². The van der Waals surface area contributed by atoms with Gasteiger partial charge < -0.3 is 4.57 Å². The number of aromatic nitrogens is 1. The zero-order valence-corrected chi connectivity index (χ0v) is 10.4. The van der Waals surface area contributed by atoms with Crippen LogP contribution in [0.5, 0.6) is 0 Å². The Labute approximate surface area is 99.1 Å². The number of anilines is 1. The Balaban J connectivity index is 3.00. The molecule has 0 atom stereocenters. The van der Waals surface area contributed by atoms with Crippen LogP contribution in [0.3, 0.4) is 0 Å². The first-order chi connectivity index (χ1) is 7.48. The van der Waals surface area contributed by atoms with Crippen LogP contribution >= 0.6 is 11.6 Å². The summed E-state index contributed by atoms with van der Waals surface area (Å²) in [6, 6.07) is 2.74. The van der Waals surface area contributed by atoms with Crippen LogP contribution in [-0.2, 0) is 16.6 Å². The molecule has 0 bridgehead atoms. The summed E-state index contributed by atoms with van der Waals surface area (Å²) in [7, 11) is -3.52. The maximum atomic E-state index is 11.4. The standard InChI is InChI=1S/C9H13ClN2O3S/c1-2-5-12-6-8(3-4-9(12)13)11-16(14,15)7-10/h3-4,6,11H,2,5,7H2,1H3. The van der Waals surface area contributed by atoms with Gasteiger partial charge in [-0.2, -0.15) is 0 Å². The second-order valence-corrected chi connectivity index (χ2v) is 5.58. The summed E-state index contributed by atoms with van der Waals surface area (Å²) in [5.41, 5.74) is 0.185. The average molecular weight is 265 g/mol. The summed E-state index contributed by atoms with van der Waals surface area (Å²) < 4.78 is 26.1. The lowest BCUT2D eigenvalue weighted by molar-refractivity contribution is 0.605. The molecular weight excluding hydrogens is 252 g/mol. The third-order valence-corrected chi connectivity index (χ3v) is 3.56. The van der Waals surface area contributed by atoms with Gasteiger partial charge in [0.2, 0.25) is 10.0 Å². The number of sulfonamides is 1. The fourth-order valence-corrected chi connectivity index (χ4v) is 1.91. The molecule has 0 fully saturated rings. The SMILES string of the molecule is CCCn1cc(NS(=O)(=O)CCl)ccc1=O. The van der Waals surface area contributed by atoms with Crippen LogP contribution in [0.25, 0.3) is 0 Å². The van der Waals surface area contributed by atoms with Crippen molar-refractivity contribution in [2.24, 2.45) is 0 Å². The molecule has 5 nitrogen and oxygen atoms in total. The lowest BCUT2D eigenvalue weighted by Gasteiger charge is -2.08. The number of halogens is 1. The normalized spacial score (nSPS) is 11.4. The summed E-state index contributed by atoms with van der Waals surface area (Å²) >= 11 is 5.26. The van der Waals surface area contributed by atoms with E-state index in [1.807, 2.05) is 6.92 Å². The van der Waals surface area contributed by atoms with E-state index in [1.54, 1.807) is 0 Å². The first kappa shape index (κ1) is 13.1. The molecule has 0 aliphatic carbocycles. The number of rotatable bonds is 5. The summed E-state index contributed by atoms with van der Waals surface area (Å²) in [4.78, 5) is 11.4. The Bertz CT molecular complexity index is 510. The second kappa shape index (κ2) is 5.36. The molecule has 1 N–H and O–H groups in total. The zero-order chi connectivity index (χ0) is 12.2. The minimum absolute atomic E-state index is 0.157. The van der Waals surface area contributed by atoms with E-state index in [4.69, 9.17) is 11.6 Å². The van der Waals surface area contributed by atoms with Gasteiger partial charge in [-0.1, -0.05) is 6.92 Å². The largest absolute Gasteiger partial charge is 0.313 e. The molecule has 1 aromatic rings. The highest BCUT2D eigenvalue weighted by molar-refractivity contribution is 7.93. The highest BCUT2D eigenvalue weighted by atomic mass is 35.5. The molecule has 0 amide bonds. The van der Waals surface area contributed by atoms with Crippen LogP contribution in [0.4, 0.5) is 5.69 Å². The predicted molar refractivity (Wildman–Crippen MR) is 64.3 cm³/mol. The molecule has 0 saturated carbocycles. The average Bonchev–Trinajstić information content (AvgIpc) is 2.23. The molecule has 7 heteroatoms.